The van der Waals surface area contributed by atoms with Crippen LogP contribution in [0.3, 0.4) is 0 Å². The number of rotatable bonds is 6. The zero-order valence-corrected chi connectivity index (χ0v) is 17.3. The summed E-state index contributed by atoms with van der Waals surface area (Å²) in [6.45, 7) is 2.35. The third kappa shape index (κ3) is 4.76. The van der Waals surface area contributed by atoms with Gasteiger partial charge in [-0.25, -0.2) is 23.4 Å². The van der Waals surface area contributed by atoms with Gasteiger partial charge in [0.1, 0.15) is 29.7 Å². The van der Waals surface area contributed by atoms with Gasteiger partial charge in [-0.1, -0.05) is 12.1 Å². The van der Waals surface area contributed by atoms with Gasteiger partial charge in [-0.15, -0.1) is 0 Å². The molecule has 3 heterocycles. The fourth-order valence-electron chi connectivity index (χ4n) is 3.96. The normalized spacial score (nSPS) is 18.3. The molecule has 1 aliphatic rings. The molecule has 0 amide bonds. The Morgan fingerprint density at radius 3 is 2.72 bits per heavy atom. The molecule has 172 valence electrons. The van der Waals surface area contributed by atoms with Crippen LogP contribution in [0.25, 0.3) is 11.2 Å². The molecule has 32 heavy (non-hydrogen) atoms. The standard InChI is InChI=1S/C21H22F5N5O/c1-13(32-17-7-3-2-6-15(17)21(24,25)26)14-5-4-8-30(11-14)19-10-27-16-9-28-31(12-18(22)23)20(16)29-19/h2-3,6-7,9-10,13-14,18H,4-5,8,11-12H2,1H3/t13-,14?/m1/s1. The maximum atomic E-state index is 13.3. The average molecular weight is 455 g/mol. The molecule has 2 atom stereocenters. The van der Waals surface area contributed by atoms with E-state index in [1.54, 1.807) is 13.1 Å². The first-order valence-electron chi connectivity index (χ1n) is 10.3. The summed E-state index contributed by atoms with van der Waals surface area (Å²) < 4.78 is 72.3. The van der Waals surface area contributed by atoms with E-state index in [0.717, 1.165) is 23.6 Å². The number of para-hydroxylation sites is 1. The summed E-state index contributed by atoms with van der Waals surface area (Å²) in [5.41, 5.74) is -0.111. The molecular weight excluding hydrogens is 433 g/mol. The van der Waals surface area contributed by atoms with Crippen molar-refractivity contribution >= 4 is 17.0 Å². The number of alkyl halides is 5. The van der Waals surface area contributed by atoms with Gasteiger partial charge >= 0.3 is 6.18 Å². The highest BCUT2D eigenvalue weighted by atomic mass is 19.4. The van der Waals surface area contributed by atoms with Crippen LogP contribution in [0, 0.1) is 5.92 Å². The predicted octanol–water partition coefficient (Wildman–Crippen LogP) is 4.79. The molecule has 3 aromatic rings. The second kappa shape index (κ2) is 8.87. The lowest BCUT2D eigenvalue weighted by Crippen LogP contribution is -2.41. The summed E-state index contributed by atoms with van der Waals surface area (Å²) in [6.07, 6.45) is -3.02. The summed E-state index contributed by atoms with van der Waals surface area (Å²) in [5.74, 6) is 0.274. The molecule has 0 N–H and O–H groups in total. The third-order valence-electron chi connectivity index (χ3n) is 5.59. The molecule has 0 radical (unpaired) electrons. The van der Waals surface area contributed by atoms with Gasteiger partial charge in [-0.3, -0.25) is 0 Å². The molecule has 0 saturated carbocycles. The minimum Gasteiger partial charge on any atom is -0.490 e. The third-order valence-corrected chi connectivity index (χ3v) is 5.59. The quantitative estimate of drug-likeness (QED) is 0.500. The van der Waals surface area contributed by atoms with E-state index < -0.39 is 30.8 Å². The number of halogens is 5. The van der Waals surface area contributed by atoms with Gasteiger partial charge < -0.3 is 9.64 Å². The van der Waals surface area contributed by atoms with E-state index in [0.29, 0.717) is 24.4 Å². The Kier molecular flexibility index (Phi) is 6.16. The summed E-state index contributed by atoms with van der Waals surface area (Å²) >= 11 is 0. The number of ether oxygens (including phenoxy) is 1. The lowest BCUT2D eigenvalue weighted by atomic mass is 9.93. The van der Waals surface area contributed by atoms with Crippen LogP contribution in [0.4, 0.5) is 27.8 Å². The highest BCUT2D eigenvalue weighted by Gasteiger charge is 2.35. The molecule has 11 heteroatoms. The second-order valence-electron chi connectivity index (χ2n) is 7.82. The molecule has 2 aromatic heterocycles. The van der Waals surface area contributed by atoms with Gasteiger partial charge in [0.2, 0.25) is 0 Å². The molecule has 1 aromatic carbocycles. The zero-order valence-electron chi connectivity index (χ0n) is 17.3. The Morgan fingerprint density at radius 1 is 1.19 bits per heavy atom. The van der Waals surface area contributed by atoms with Gasteiger partial charge in [0.25, 0.3) is 6.43 Å². The number of aromatic nitrogens is 4. The Bertz CT molecular complexity index is 1070. The van der Waals surface area contributed by atoms with E-state index in [-0.39, 0.29) is 17.3 Å². The van der Waals surface area contributed by atoms with Crippen LogP contribution in [0.1, 0.15) is 25.3 Å². The molecular formula is C21H22F5N5O. The van der Waals surface area contributed by atoms with Crippen LogP contribution in [0.2, 0.25) is 0 Å². The molecule has 0 bridgehead atoms. The van der Waals surface area contributed by atoms with Crippen molar-refractivity contribution in [1.29, 1.82) is 0 Å². The maximum Gasteiger partial charge on any atom is 0.419 e. The Labute approximate surface area is 181 Å². The summed E-state index contributed by atoms with van der Waals surface area (Å²) in [6, 6.07) is 5.17. The Balaban J connectivity index is 1.50. The Morgan fingerprint density at radius 2 is 1.97 bits per heavy atom. The number of fused-ring (bicyclic) bond motifs is 1. The van der Waals surface area contributed by atoms with E-state index >= 15 is 0 Å². The molecule has 0 spiro atoms. The summed E-state index contributed by atoms with van der Waals surface area (Å²) in [4.78, 5) is 10.7. The first-order chi connectivity index (χ1) is 15.2. The zero-order chi connectivity index (χ0) is 22.9. The van der Waals surface area contributed by atoms with Crippen molar-refractivity contribution in [2.24, 2.45) is 5.92 Å². The van der Waals surface area contributed by atoms with Crippen LogP contribution in [0.15, 0.2) is 36.7 Å². The molecule has 1 unspecified atom stereocenters. The molecule has 0 aliphatic carbocycles. The summed E-state index contributed by atoms with van der Waals surface area (Å²) in [7, 11) is 0. The van der Waals surface area contributed by atoms with Crippen LogP contribution in [0.5, 0.6) is 5.75 Å². The van der Waals surface area contributed by atoms with Crippen LogP contribution in [-0.4, -0.2) is 45.4 Å². The molecule has 1 saturated heterocycles. The van der Waals surface area contributed by atoms with Crippen molar-refractivity contribution in [3.63, 3.8) is 0 Å². The number of hydrogen-bond donors (Lipinski definition) is 0. The lowest BCUT2D eigenvalue weighted by molar-refractivity contribution is -0.139. The predicted molar refractivity (Wildman–Crippen MR) is 108 cm³/mol. The number of benzene rings is 1. The van der Waals surface area contributed by atoms with Crippen molar-refractivity contribution in [3.8, 4) is 5.75 Å². The van der Waals surface area contributed by atoms with Crippen LogP contribution < -0.4 is 9.64 Å². The maximum absolute atomic E-state index is 13.3. The van der Waals surface area contributed by atoms with Crippen LogP contribution >= 0.6 is 0 Å². The highest BCUT2D eigenvalue weighted by molar-refractivity contribution is 5.71. The van der Waals surface area contributed by atoms with Gasteiger partial charge in [0.05, 0.1) is 18.0 Å². The monoisotopic (exact) mass is 455 g/mol. The number of hydrogen-bond acceptors (Lipinski definition) is 5. The van der Waals surface area contributed by atoms with E-state index in [9.17, 15) is 22.0 Å². The number of anilines is 1. The van der Waals surface area contributed by atoms with Gasteiger partial charge in [0, 0.05) is 19.0 Å². The van der Waals surface area contributed by atoms with E-state index in [1.807, 2.05) is 4.90 Å². The van der Waals surface area contributed by atoms with Crippen molar-refractivity contribution < 1.29 is 26.7 Å². The minimum atomic E-state index is -4.50. The van der Waals surface area contributed by atoms with Crippen molar-refractivity contribution in [3.05, 3.63) is 42.2 Å². The SMILES string of the molecule is C[C@@H](Oc1ccccc1C(F)(F)F)C1CCCN(c2cnc3cnn(CC(F)F)c3n2)C1. The first-order valence-corrected chi connectivity index (χ1v) is 10.3. The number of nitrogens with zero attached hydrogens (tertiary/aromatic N) is 5. The van der Waals surface area contributed by atoms with Gasteiger partial charge in [-0.05, 0) is 31.9 Å². The smallest absolute Gasteiger partial charge is 0.419 e. The van der Waals surface area contributed by atoms with Gasteiger partial charge in [-0.2, -0.15) is 18.3 Å². The second-order valence-corrected chi connectivity index (χ2v) is 7.82. The van der Waals surface area contributed by atoms with Gasteiger partial charge in [0.15, 0.2) is 5.65 Å². The van der Waals surface area contributed by atoms with Crippen molar-refractivity contribution in [1.82, 2.24) is 19.7 Å². The first kappa shape index (κ1) is 22.2. The molecule has 6 nitrogen and oxygen atoms in total. The van der Waals surface area contributed by atoms with E-state index in [2.05, 4.69) is 15.1 Å². The molecule has 1 fully saturated rings. The minimum absolute atomic E-state index is 0.0477. The lowest BCUT2D eigenvalue weighted by Gasteiger charge is -2.36. The van der Waals surface area contributed by atoms with E-state index in [4.69, 9.17) is 4.74 Å². The highest BCUT2D eigenvalue weighted by Crippen LogP contribution is 2.37. The van der Waals surface area contributed by atoms with E-state index in [1.165, 1.54) is 24.4 Å². The van der Waals surface area contributed by atoms with Crippen LogP contribution in [-0.2, 0) is 12.7 Å². The largest absolute Gasteiger partial charge is 0.490 e. The molecule has 4 rings (SSSR count). The fourth-order valence-corrected chi connectivity index (χ4v) is 3.96. The summed E-state index contributed by atoms with van der Waals surface area (Å²) in [5, 5.41) is 3.92. The number of piperidine rings is 1. The Hall–Kier alpha value is -2.98. The topological polar surface area (TPSA) is 56.1 Å². The average Bonchev–Trinajstić information content (AvgIpc) is 3.15. The van der Waals surface area contributed by atoms with Crippen molar-refractivity contribution in [2.75, 3.05) is 18.0 Å². The fraction of sp³-hybridized carbons (Fsp3) is 0.476. The molecule has 1 aliphatic heterocycles. The van der Waals surface area contributed by atoms with Crippen molar-refractivity contribution in [2.45, 2.75) is 45.0 Å².